The first kappa shape index (κ1) is 16.7. The first-order valence-electron chi connectivity index (χ1n) is 7.81. The number of carbonyl (C=O) groups is 1. The van der Waals surface area contributed by atoms with Gasteiger partial charge >= 0.3 is 5.69 Å². The van der Waals surface area contributed by atoms with Crippen LogP contribution in [0.5, 0.6) is 0 Å². The third-order valence-electron chi connectivity index (χ3n) is 4.38. The zero-order valence-corrected chi connectivity index (χ0v) is 14.4. The molecule has 0 aromatic carbocycles. The molecule has 2 heterocycles. The van der Waals surface area contributed by atoms with E-state index < -0.39 is 11.2 Å². The van der Waals surface area contributed by atoms with E-state index in [1.165, 1.54) is 4.57 Å². The average molecular weight is 348 g/mol. The molecular weight excluding hydrogens is 328 g/mol. The van der Waals surface area contributed by atoms with Crippen LogP contribution in [0.3, 0.4) is 0 Å². The Bertz CT molecular complexity index is 864. The van der Waals surface area contributed by atoms with Crippen LogP contribution in [0.25, 0.3) is 0 Å². The molecule has 24 heavy (non-hydrogen) atoms. The Balaban J connectivity index is 1.86. The van der Waals surface area contributed by atoms with Gasteiger partial charge in [-0.1, -0.05) is 6.07 Å². The highest BCUT2D eigenvalue weighted by Crippen LogP contribution is 2.35. The molecule has 2 aromatic rings. The molecule has 0 unspecified atom stereocenters. The summed E-state index contributed by atoms with van der Waals surface area (Å²) in [6.07, 6.45) is 1.66. The predicted molar refractivity (Wildman–Crippen MR) is 93.7 cm³/mol. The van der Waals surface area contributed by atoms with Crippen molar-refractivity contribution in [1.82, 2.24) is 14.5 Å². The minimum atomic E-state index is -0.712. The van der Waals surface area contributed by atoms with E-state index in [2.05, 4.69) is 4.98 Å². The summed E-state index contributed by atoms with van der Waals surface area (Å²) in [6.45, 7) is 2.05. The number of carbonyl (C=O) groups excluding carboxylic acids is 1. The maximum atomic E-state index is 12.6. The van der Waals surface area contributed by atoms with Gasteiger partial charge in [-0.25, -0.2) is 4.79 Å². The van der Waals surface area contributed by atoms with E-state index in [0.717, 1.165) is 17.7 Å². The molecule has 0 bridgehead atoms. The smallest absolute Gasteiger partial charge is 0.330 e. The van der Waals surface area contributed by atoms with Gasteiger partial charge in [-0.05, 0) is 38.3 Å². The van der Waals surface area contributed by atoms with Gasteiger partial charge in [0, 0.05) is 17.0 Å². The molecule has 2 aromatic heterocycles. The van der Waals surface area contributed by atoms with Gasteiger partial charge in [0.2, 0.25) is 0 Å². The summed E-state index contributed by atoms with van der Waals surface area (Å²) in [5.74, 6) is -0.400. The lowest BCUT2D eigenvalue weighted by Crippen LogP contribution is -2.38. The SMILES string of the molecule is C[C@H](c1cccs1)N(C)CC(=O)c1c(N)n(C2CC2)c(=O)[nH]c1=O. The summed E-state index contributed by atoms with van der Waals surface area (Å²) in [4.78, 5) is 41.8. The zero-order chi connectivity index (χ0) is 17.4. The Hall–Kier alpha value is -2.19. The molecule has 1 fully saturated rings. The van der Waals surface area contributed by atoms with Crippen molar-refractivity contribution in [2.24, 2.45) is 0 Å². The number of nitrogens with two attached hydrogens (primary N) is 1. The number of rotatable bonds is 6. The monoisotopic (exact) mass is 348 g/mol. The van der Waals surface area contributed by atoms with Gasteiger partial charge < -0.3 is 5.73 Å². The van der Waals surface area contributed by atoms with Gasteiger partial charge in [0.25, 0.3) is 5.56 Å². The van der Waals surface area contributed by atoms with Crippen molar-refractivity contribution >= 4 is 22.9 Å². The molecule has 1 saturated carbocycles. The fourth-order valence-electron chi connectivity index (χ4n) is 2.72. The first-order chi connectivity index (χ1) is 11.4. The summed E-state index contributed by atoms with van der Waals surface area (Å²) in [5, 5.41) is 1.98. The first-order valence-corrected chi connectivity index (χ1v) is 8.69. The van der Waals surface area contributed by atoms with Crippen LogP contribution in [0.2, 0.25) is 0 Å². The maximum Gasteiger partial charge on any atom is 0.330 e. The summed E-state index contributed by atoms with van der Waals surface area (Å²) < 4.78 is 1.33. The number of ketones is 1. The molecule has 0 radical (unpaired) electrons. The number of nitrogens with zero attached hydrogens (tertiary/aromatic N) is 2. The lowest BCUT2D eigenvalue weighted by atomic mass is 10.1. The van der Waals surface area contributed by atoms with Crippen LogP contribution < -0.4 is 17.0 Å². The van der Waals surface area contributed by atoms with Gasteiger partial charge in [-0.2, -0.15) is 0 Å². The topological polar surface area (TPSA) is 101 Å². The van der Waals surface area contributed by atoms with Crippen LogP contribution in [0.1, 0.15) is 47.1 Å². The number of hydrogen-bond acceptors (Lipinski definition) is 6. The van der Waals surface area contributed by atoms with Crippen molar-refractivity contribution in [1.29, 1.82) is 0 Å². The van der Waals surface area contributed by atoms with Gasteiger partial charge in [-0.3, -0.25) is 24.0 Å². The third-order valence-corrected chi connectivity index (χ3v) is 5.42. The molecular formula is C16H20N4O3S. The second-order valence-electron chi connectivity index (χ2n) is 6.15. The lowest BCUT2D eigenvalue weighted by molar-refractivity contribution is 0.0924. The van der Waals surface area contributed by atoms with Gasteiger partial charge in [0.15, 0.2) is 5.78 Å². The van der Waals surface area contributed by atoms with Crippen molar-refractivity contribution in [2.45, 2.75) is 31.8 Å². The van der Waals surface area contributed by atoms with E-state index in [0.29, 0.717) is 0 Å². The van der Waals surface area contributed by atoms with E-state index >= 15 is 0 Å². The molecule has 1 aliphatic rings. The molecule has 0 amide bonds. The second kappa shape index (κ2) is 6.37. The van der Waals surface area contributed by atoms with Crippen LogP contribution in [0, 0.1) is 0 Å². The highest BCUT2D eigenvalue weighted by Gasteiger charge is 2.30. The Labute approximate surface area is 142 Å². The number of likely N-dealkylation sites (N-methyl/N-ethyl adjacent to an activating group) is 1. The highest BCUT2D eigenvalue weighted by atomic mass is 32.1. The van der Waals surface area contributed by atoms with Crippen LogP contribution in [0.4, 0.5) is 5.82 Å². The van der Waals surface area contributed by atoms with Crippen molar-refractivity contribution in [3.63, 3.8) is 0 Å². The van der Waals surface area contributed by atoms with Crippen LogP contribution in [-0.4, -0.2) is 33.8 Å². The van der Waals surface area contributed by atoms with Gasteiger partial charge in [0.05, 0.1) is 6.54 Å². The Kier molecular flexibility index (Phi) is 4.42. The largest absolute Gasteiger partial charge is 0.384 e. The maximum absolute atomic E-state index is 12.6. The van der Waals surface area contributed by atoms with E-state index in [1.54, 1.807) is 11.3 Å². The summed E-state index contributed by atoms with van der Waals surface area (Å²) in [5.41, 5.74) is 4.60. The van der Waals surface area contributed by atoms with Crippen LogP contribution >= 0.6 is 11.3 Å². The number of nitrogen functional groups attached to an aromatic ring is 1. The minimum absolute atomic E-state index is 0.0105. The molecule has 128 valence electrons. The number of Topliss-reactive ketones (excluding diaryl/α,β-unsaturated/α-hetero) is 1. The molecule has 1 atom stereocenters. The lowest BCUT2D eigenvalue weighted by Gasteiger charge is -2.23. The number of thiophene rings is 1. The number of aromatic nitrogens is 2. The number of aromatic amines is 1. The summed E-state index contributed by atoms with van der Waals surface area (Å²) in [6, 6.07) is 4.00. The Morgan fingerprint density at radius 1 is 1.50 bits per heavy atom. The number of H-pyrrole nitrogens is 1. The van der Waals surface area contributed by atoms with Crippen LogP contribution in [-0.2, 0) is 0 Å². The van der Waals surface area contributed by atoms with Crippen LogP contribution in [0.15, 0.2) is 27.1 Å². The average Bonchev–Trinajstić information content (AvgIpc) is 3.18. The second-order valence-corrected chi connectivity index (χ2v) is 7.13. The number of nitrogens with one attached hydrogen (secondary N) is 1. The molecule has 1 aliphatic carbocycles. The van der Waals surface area contributed by atoms with E-state index in [4.69, 9.17) is 5.73 Å². The normalized spacial score (nSPS) is 15.6. The van der Waals surface area contributed by atoms with Gasteiger partial charge in [0.1, 0.15) is 11.4 Å². The molecule has 3 rings (SSSR count). The highest BCUT2D eigenvalue weighted by molar-refractivity contribution is 7.10. The predicted octanol–water partition coefficient (Wildman–Crippen LogP) is 1.39. The van der Waals surface area contributed by atoms with Crippen molar-refractivity contribution in [2.75, 3.05) is 19.3 Å². The van der Waals surface area contributed by atoms with E-state index in [9.17, 15) is 14.4 Å². The fraction of sp³-hybridized carbons (Fsp3) is 0.438. The quantitative estimate of drug-likeness (QED) is 0.768. The molecule has 3 N–H and O–H groups in total. The summed E-state index contributed by atoms with van der Waals surface area (Å²) in [7, 11) is 1.82. The van der Waals surface area contributed by atoms with Crippen molar-refractivity contribution < 1.29 is 4.79 Å². The molecule has 7 nitrogen and oxygen atoms in total. The minimum Gasteiger partial charge on any atom is -0.384 e. The molecule has 0 saturated heterocycles. The van der Waals surface area contributed by atoms with Crippen molar-refractivity contribution in [3.8, 4) is 0 Å². The van der Waals surface area contributed by atoms with E-state index in [1.807, 2.05) is 36.4 Å². The standard InChI is InChI=1S/C16H20N4O3S/c1-9(12-4-3-7-24-12)19(2)8-11(21)13-14(17)20(10-5-6-10)16(23)18-15(13)22/h3-4,7,9-10H,5-6,8,17H2,1-2H3,(H,18,22,23)/t9-/m1/s1. The Morgan fingerprint density at radius 2 is 2.21 bits per heavy atom. The summed E-state index contributed by atoms with van der Waals surface area (Å²) >= 11 is 1.61. The Morgan fingerprint density at radius 3 is 2.79 bits per heavy atom. The zero-order valence-electron chi connectivity index (χ0n) is 13.6. The fourth-order valence-corrected chi connectivity index (χ4v) is 3.57. The molecule has 0 aliphatic heterocycles. The number of hydrogen-bond donors (Lipinski definition) is 2. The third kappa shape index (κ3) is 3.07. The molecule has 8 heteroatoms. The van der Waals surface area contributed by atoms with Gasteiger partial charge in [-0.15, -0.1) is 11.3 Å². The van der Waals surface area contributed by atoms with E-state index in [-0.39, 0.29) is 35.8 Å². The van der Waals surface area contributed by atoms with Crippen molar-refractivity contribution in [3.05, 3.63) is 48.8 Å². The number of anilines is 1. The molecule has 0 spiro atoms.